The van der Waals surface area contributed by atoms with Crippen molar-refractivity contribution >= 4 is 30.4 Å². The maximum absolute atomic E-state index is 14.1. The van der Waals surface area contributed by atoms with E-state index in [2.05, 4.69) is 74.7 Å². The molecule has 1 N–H and O–H groups in total. The first kappa shape index (κ1) is 58.3. The number of rotatable bonds is 39. The summed E-state index contributed by atoms with van der Waals surface area (Å²) in [5.41, 5.74) is 0. The van der Waals surface area contributed by atoms with Crippen molar-refractivity contribution in [2.45, 2.75) is 232 Å². The third-order valence-corrected chi connectivity index (χ3v) is 22.3. The van der Waals surface area contributed by atoms with Gasteiger partial charge >= 0.3 is 13.8 Å². The summed E-state index contributed by atoms with van der Waals surface area (Å²) in [6.07, 6.45) is 21.3. The first-order valence-electron chi connectivity index (χ1n) is 23.3. The number of hydrogen-bond donors (Lipinski definition) is 1. The fourth-order valence-electron chi connectivity index (χ4n) is 5.78. The van der Waals surface area contributed by atoms with Crippen LogP contribution < -0.4 is 0 Å². The summed E-state index contributed by atoms with van der Waals surface area (Å²) in [5.74, 6) is -0.422. The highest BCUT2D eigenvalue weighted by atomic mass is 31.2. The third-order valence-electron chi connectivity index (χ3n) is 11.8. The van der Waals surface area contributed by atoms with Gasteiger partial charge in [0, 0.05) is 19.6 Å². The van der Waals surface area contributed by atoms with Crippen molar-refractivity contribution in [3.63, 3.8) is 0 Å². The van der Waals surface area contributed by atoms with Gasteiger partial charge < -0.3 is 23.4 Å². The van der Waals surface area contributed by atoms with Gasteiger partial charge in [-0.25, -0.2) is 4.57 Å². The number of aliphatic hydroxyl groups is 1. The Morgan fingerprint density at radius 2 is 1.10 bits per heavy atom. The Labute approximate surface area is 364 Å². The second-order valence-electron chi connectivity index (χ2n) is 19.4. The van der Waals surface area contributed by atoms with Crippen LogP contribution in [0.15, 0.2) is 0 Å². The Hall–Kier alpha value is -0.656. The Bertz CT molecular complexity index is 1140. The van der Waals surface area contributed by atoms with E-state index in [-0.39, 0.29) is 62.6 Å². The molecule has 0 saturated carbocycles. The highest BCUT2D eigenvalue weighted by molar-refractivity contribution is 7.48. The minimum atomic E-state index is -4.25. The number of carbonyl (C=O) groups excluding carboxylic acids is 1. The number of hydrogen-bond acceptors (Lipinski definition) is 11. The molecule has 0 aromatic heterocycles. The van der Waals surface area contributed by atoms with Gasteiger partial charge in [-0.3, -0.25) is 18.4 Å². The molecule has 0 aromatic carbocycles. The van der Waals surface area contributed by atoms with E-state index in [1.54, 1.807) is 0 Å². The van der Waals surface area contributed by atoms with Crippen LogP contribution in [0.2, 0.25) is 36.3 Å². The average Bonchev–Trinajstić information content (AvgIpc) is 3.15. The molecule has 11 nitrogen and oxygen atoms in total. The van der Waals surface area contributed by atoms with E-state index in [4.69, 9.17) is 37.0 Å². The van der Waals surface area contributed by atoms with E-state index in [9.17, 15) is 14.6 Å². The van der Waals surface area contributed by atoms with Crippen LogP contribution in [0.25, 0.3) is 0 Å². The second kappa shape index (κ2) is 32.9. The molecular weight excluding hydrogens is 802 g/mol. The standard InChI is InChI=1S/C45H92NO10PSi2/c1-12-13-14-15-16-17-18-19-20-21-22-23-24-25-26-30-35-50-37-41(55-43(48)32-28-27-29-34-47)38-52-57(49,51-36-31-33-46)53-39-42(56-59(10,11)45(5,6)7)40-54-58(8,9)44(2,3)4/h41-42,47H,12-32,34-40H2,1-11H3/t41-,42-,57?/m1/s1. The Balaban J connectivity index is 5.30. The predicted molar refractivity (Wildman–Crippen MR) is 247 cm³/mol. The van der Waals surface area contributed by atoms with Gasteiger partial charge in [0.2, 0.25) is 0 Å². The summed E-state index contributed by atoms with van der Waals surface area (Å²) in [6.45, 7) is 24.2. The smallest absolute Gasteiger partial charge is 0.457 e. The molecular formula is C45H92NO10PSi2. The number of esters is 1. The van der Waals surface area contributed by atoms with Crippen LogP contribution in [-0.4, -0.2) is 86.2 Å². The molecule has 350 valence electrons. The minimum absolute atomic E-state index is 0.0102. The topological polar surface area (TPSA) is 143 Å². The number of phosphoric ester groups is 1. The zero-order valence-corrected chi connectivity index (χ0v) is 42.9. The number of unbranched alkanes of at least 4 members (excludes halogenated alkanes) is 17. The Kier molecular flexibility index (Phi) is 32.6. The van der Waals surface area contributed by atoms with Crippen LogP contribution in [0.4, 0.5) is 0 Å². The normalized spacial score (nSPS) is 14.8. The van der Waals surface area contributed by atoms with E-state index in [0.29, 0.717) is 25.9 Å². The van der Waals surface area contributed by atoms with Gasteiger partial charge in [0.15, 0.2) is 16.6 Å². The van der Waals surface area contributed by atoms with E-state index in [1.165, 1.54) is 83.5 Å². The molecule has 0 bridgehead atoms. The lowest BCUT2D eigenvalue weighted by Crippen LogP contribution is -2.49. The maximum atomic E-state index is 14.1. The number of ether oxygens (including phenoxy) is 2. The number of nitrogens with zero attached hydrogens (tertiary/aromatic N) is 1. The predicted octanol–water partition coefficient (Wildman–Crippen LogP) is 13.2. The maximum Gasteiger partial charge on any atom is 0.475 e. The molecule has 0 radical (unpaired) electrons. The van der Waals surface area contributed by atoms with Gasteiger partial charge in [-0.1, -0.05) is 151 Å². The van der Waals surface area contributed by atoms with Gasteiger partial charge in [-0.15, -0.1) is 0 Å². The molecule has 0 aromatic rings. The van der Waals surface area contributed by atoms with E-state index in [1.807, 2.05) is 6.07 Å². The van der Waals surface area contributed by atoms with E-state index < -0.39 is 42.6 Å². The van der Waals surface area contributed by atoms with Crippen LogP contribution in [0.1, 0.15) is 183 Å². The minimum Gasteiger partial charge on any atom is -0.457 e. The van der Waals surface area contributed by atoms with Crippen LogP contribution in [0.3, 0.4) is 0 Å². The summed E-state index contributed by atoms with van der Waals surface area (Å²) < 4.78 is 56.6. The molecule has 3 atom stereocenters. The number of phosphoric acid groups is 1. The quantitative estimate of drug-likeness (QED) is 0.0273. The van der Waals surface area contributed by atoms with E-state index in [0.717, 1.165) is 19.3 Å². The molecule has 0 amide bonds. The molecule has 0 aliphatic rings. The lowest BCUT2D eigenvalue weighted by molar-refractivity contribution is -0.154. The molecule has 1 unspecified atom stereocenters. The average molecular weight is 894 g/mol. The molecule has 0 aliphatic carbocycles. The van der Waals surface area contributed by atoms with Crippen molar-refractivity contribution < 1.29 is 46.4 Å². The Morgan fingerprint density at radius 1 is 0.627 bits per heavy atom. The van der Waals surface area contributed by atoms with Gasteiger partial charge in [-0.05, 0) is 55.5 Å². The molecule has 0 fully saturated rings. The molecule has 0 spiro atoms. The van der Waals surface area contributed by atoms with Gasteiger partial charge in [0.05, 0.1) is 51.6 Å². The molecule has 0 heterocycles. The van der Waals surface area contributed by atoms with Crippen LogP contribution in [0, 0.1) is 11.3 Å². The first-order valence-corrected chi connectivity index (χ1v) is 30.6. The molecule has 0 aliphatic heterocycles. The van der Waals surface area contributed by atoms with Gasteiger partial charge in [-0.2, -0.15) is 5.26 Å². The van der Waals surface area contributed by atoms with Crippen molar-refractivity contribution in [3.05, 3.63) is 0 Å². The van der Waals surface area contributed by atoms with Crippen molar-refractivity contribution in [1.29, 1.82) is 5.26 Å². The summed E-state index contributed by atoms with van der Waals surface area (Å²) >= 11 is 0. The van der Waals surface area contributed by atoms with Crippen molar-refractivity contribution in [2.24, 2.45) is 0 Å². The summed E-state index contributed by atoms with van der Waals surface area (Å²) in [4.78, 5) is 12.8. The lowest BCUT2D eigenvalue weighted by Gasteiger charge is -2.41. The van der Waals surface area contributed by atoms with Crippen molar-refractivity contribution in [2.75, 3.05) is 46.2 Å². The Morgan fingerprint density at radius 3 is 1.58 bits per heavy atom. The highest BCUT2D eigenvalue weighted by Gasteiger charge is 2.42. The lowest BCUT2D eigenvalue weighted by atomic mass is 10.0. The fraction of sp³-hybridized carbons (Fsp3) is 0.956. The molecule has 59 heavy (non-hydrogen) atoms. The SMILES string of the molecule is CCCCCCCCCCCCCCCCCCOC[C@H](COP(=O)(OCCC#N)OC[C@H](CO[Si](C)(C)C(C)(C)C)O[Si](C)(C)C(C)(C)C)OC(=O)CCCCCO. The molecule has 14 heteroatoms. The fourth-order valence-corrected chi connectivity index (χ4v) is 9.37. The van der Waals surface area contributed by atoms with Crippen molar-refractivity contribution in [1.82, 2.24) is 0 Å². The monoisotopic (exact) mass is 894 g/mol. The van der Waals surface area contributed by atoms with Crippen molar-refractivity contribution in [3.8, 4) is 6.07 Å². The van der Waals surface area contributed by atoms with Gasteiger partial charge in [0.25, 0.3) is 0 Å². The molecule has 0 rings (SSSR count). The number of aliphatic hydroxyl groups excluding tert-OH is 1. The molecule has 0 saturated heterocycles. The van der Waals surface area contributed by atoms with Crippen LogP contribution in [-0.2, 0) is 41.3 Å². The zero-order valence-electron chi connectivity index (χ0n) is 40.0. The number of nitriles is 1. The third kappa shape index (κ3) is 30.1. The summed E-state index contributed by atoms with van der Waals surface area (Å²) in [5, 5.41) is 18.2. The van der Waals surface area contributed by atoms with Crippen LogP contribution in [0.5, 0.6) is 0 Å². The number of carbonyl (C=O) groups is 1. The first-order chi connectivity index (χ1) is 27.7. The summed E-state index contributed by atoms with van der Waals surface area (Å²) in [6, 6.07) is 2.00. The largest absolute Gasteiger partial charge is 0.475 e. The highest BCUT2D eigenvalue weighted by Crippen LogP contribution is 2.50. The zero-order chi connectivity index (χ0) is 44.7. The van der Waals surface area contributed by atoms with Crippen LogP contribution >= 0.6 is 7.82 Å². The second-order valence-corrected chi connectivity index (χ2v) is 30.6. The summed E-state index contributed by atoms with van der Waals surface area (Å²) in [7, 11) is -8.70. The van der Waals surface area contributed by atoms with Gasteiger partial charge in [0.1, 0.15) is 6.10 Å². The van der Waals surface area contributed by atoms with E-state index >= 15 is 0 Å².